The van der Waals surface area contributed by atoms with E-state index in [1.165, 1.54) is 7.11 Å². The predicted molar refractivity (Wildman–Crippen MR) is 69.5 cm³/mol. The van der Waals surface area contributed by atoms with Gasteiger partial charge in [0.1, 0.15) is 0 Å². The van der Waals surface area contributed by atoms with Crippen LogP contribution < -0.4 is 0 Å². The molecule has 0 spiro atoms. The Morgan fingerprint density at radius 1 is 1.42 bits per heavy atom. The molecule has 1 aliphatic rings. The van der Waals surface area contributed by atoms with Gasteiger partial charge in [0.05, 0.1) is 26.1 Å². The third-order valence-electron chi connectivity index (χ3n) is 3.53. The van der Waals surface area contributed by atoms with E-state index >= 15 is 0 Å². The topological polar surface area (TPSA) is 52.6 Å². The lowest BCUT2D eigenvalue weighted by Gasteiger charge is -2.28. The SMILES string of the molecule is COC(=O)C[C@@H](c1ccccc1)[C@@H]1CCCOC1=O. The van der Waals surface area contributed by atoms with Gasteiger partial charge in [0, 0.05) is 5.92 Å². The fourth-order valence-electron chi connectivity index (χ4n) is 2.52. The maximum atomic E-state index is 11.9. The second-order valence-corrected chi connectivity index (χ2v) is 4.71. The van der Waals surface area contributed by atoms with Crippen molar-refractivity contribution in [2.24, 2.45) is 5.92 Å². The summed E-state index contributed by atoms with van der Waals surface area (Å²) in [6.07, 6.45) is 1.82. The summed E-state index contributed by atoms with van der Waals surface area (Å²) in [6.45, 7) is 0.481. The molecule has 0 N–H and O–H groups in total. The van der Waals surface area contributed by atoms with E-state index in [4.69, 9.17) is 9.47 Å². The van der Waals surface area contributed by atoms with E-state index in [0.29, 0.717) is 6.61 Å². The average Bonchev–Trinajstić information content (AvgIpc) is 2.46. The molecule has 1 aromatic rings. The largest absolute Gasteiger partial charge is 0.469 e. The van der Waals surface area contributed by atoms with Crippen molar-refractivity contribution in [2.75, 3.05) is 13.7 Å². The Balaban J connectivity index is 2.23. The highest BCUT2D eigenvalue weighted by Gasteiger charge is 2.34. The summed E-state index contributed by atoms with van der Waals surface area (Å²) in [7, 11) is 1.36. The number of methoxy groups -OCH3 is 1. The van der Waals surface area contributed by atoms with Gasteiger partial charge >= 0.3 is 11.9 Å². The summed E-state index contributed by atoms with van der Waals surface area (Å²) >= 11 is 0. The van der Waals surface area contributed by atoms with Gasteiger partial charge in [-0.2, -0.15) is 0 Å². The minimum Gasteiger partial charge on any atom is -0.469 e. The summed E-state index contributed by atoms with van der Waals surface area (Å²) in [5, 5.41) is 0. The molecule has 1 aromatic carbocycles. The quantitative estimate of drug-likeness (QED) is 0.781. The van der Waals surface area contributed by atoms with Gasteiger partial charge < -0.3 is 9.47 Å². The zero-order valence-corrected chi connectivity index (χ0v) is 11.0. The first-order chi connectivity index (χ1) is 9.22. The van der Waals surface area contributed by atoms with E-state index in [0.717, 1.165) is 18.4 Å². The Morgan fingerprint density at radius 2 is 2.16 bits per heavy atom. The van der Waals surface area contributed by atoms with Crippen LogP contribution in [0.15, 0.2) is 30.3 Å². The zero-order valence-electron chi connectivity index (χ0n) is 11.0. The fraction of sp³-hybridized carbons (Fsp3) is 0.467. The molecule has 1 aliphatic heterocycles. The van der Waals surface area contributed by atoms with Crippen LogP contribution in [-0.4, -0.2) is 25.7 Å². The van der Waals surface area contributed by atoms with Crippen LogP contribution in [0, 0.1) is 5.92 Å². The van der Waals surface area contributed by atoms with Crippen molar-refractivity contribution in [1.82, 2.24) is 0 Å². The molecule has 1 fully saturated rings. The zero-order chi connectivity index (χ0) is 13.7. The van der Waals surface area contributed by atoms with E-state index in [-0.39, 0.29) is 30.2 Å². The van der Waals surface area contributed by atoms with Crippen LogP contribution in [0.4, 0.5) is 0 Å². The lowest BCUT2D eigenvalue weighted by atomic mass is 9.80. The lowest BCUT2D eigenvalue weighted by molar-refractivity contribution is -0.154. The van der Waals surface area contributed by atoms with Crippen molar-refractivity contribution in [3.8, 4) is 0 Å². The van der Waals surface area contributed by atoms with Crippen LogP contribution in [0.3, 0.4) is 0 Å². The molecule has 102 valence electrons. The Bertz CT molecular complexity index is 441. The van der Waals surface area contributed by atoms with Crippen LogP contribution >= 0.6 is 0 Å². The van der Waals surface area contributed by atoms with Gasteiger partial charge in [-0.1, -0.05) is 30.3 Å². The van der Waals surface area contributed by atoms with Crippen molar-refractivity contribution < 1.29 is 19.1 Å². The monoisotopic (exact) mass is 262 g/mol. The molecular weight excluding hydrogens is 244 g/mol. The predicted octanol–water partition coefficient (Wildman–Crippen LogP) is 2.29. The van der Waals surface area contributed by atoms with Gasteiger partial charge in [-0.15, -0.1) is 0 Å². The molecule has 1 heterocycles. The highest BCUT2D eigenvalue weighted by atomic mass is 16.5. The smallest absolute Gasteiger partial charge is 0.309 e. The van der Waals surface area contributed by atoms with Crippen LogP contribution in [0.25, 0.3) is 0 Å². The number of hydrogen-bond donors (Lipinski definition) is 0. The first-order valence-corrected chi connectivity index (χ1v) is 6.50. The molecule has 0 aliphatic carbocycles. The number of hydrogen-bond acceptors (Lipinski definition) is 4. The number of cyclic esters (lactones) is 1. The third-order valence-corrected chi connectivity index (χ3v) is 3.53. The molecule has 0 amide bonds. The number of esters is 2. The summed E-state index contributed by atoms with van der Waals surface area (Å²) in [6, 6.07) is 9.62. The van der Waals surface area contributed by atoms with E-state index in [1.54, 1.807) is 0 Å². The molecule has 0 unspecified atom stereocenters. The van der Waals surface area contributed by atoms with Gasteiger partial charge in [-0.05, 0) is 18.4 Å². The second kappa shape index (κ2) is 6.36. The number of carbonyl (C=O) groups is 2. The first-order valence-electron chi connectivity index (χ1n) is 6.50. The van der Waals surface area contributed by atoms with Crippen molar-refractivity contribution in [2.45, 2.75) is 25.2 Å². The van der Waals surface area contributed by atoms with Crippen LogP contribution in [0.5, 0.6) is 0 Å². The number of carbonyl (C=O) groups excluding carboxylic acids is 2. The summed E-state index contributed by atoms with van der Waals surface area (Å²) in [5.41, 5.74) is 0.983. The van der Waals surface area contributed by atoms with E-state index < -0.39 is 0 Å². The lowest BCUT2D eigenvalue weighted by Crippen LogP contribution is -2.30. The fourth-order valence-corrected chi connectivity index (χ4v) is 2.52. The number of ether oxygens (including phenoxy) is 2. The molecule has 0 aromatic heterocycles. The summed E-state index contributed by atoms with van der Waals surface area (Å²) in [5.74, 6) is -0.923. The highest BCUT2D eigenvalue weighted by molar-refractivity contribution is 5.77. The molecule has 2 rings (SSSR count). The maximum absolute atomic E-state index is 11.9. The summed E-state index contributed by atoms with van der Waals surface area (Å²) in [4.78, 5) is 23.5. The molecular formula is C15H18O4. The van der Waals surface area contributed by atoms with Gasteiger partial charge in [-0.25, -0.2) is 0 Å². The van der Waals surface area contributed by atoms with Gasteiger partial charge in [0.25, 0.3) is 0 Å². The van der Waals surface area contributed by atoms with E-state index in [2.05, 4.69) is 0 Å². The Labute approximate surface area is 112 Å². The van der Waals surface area contributed by atoms with E-state index in [1.807, 2.05) is 30.3 Å². The Kier molecular flexibility index (Phi) is 4.55. The van der Waals surface area contributed by atoms with Crippen LogP contribution in [0.2, 0.25) is 0 Å². The van der Waals surface area contributed by atoms with E-state index in [9.17, 15) is 9.59 Å². The van der Waals surface area contributed by atoms with Crippen molar-refractivity contribution in [1.29, 1.82) is 0 Å². The number of rotatable bonds is 4. The van der Waals surface area contributed by atoms with Crippen LogP contribution in [0.1, 0.15) is 30.7 Å². The molecule has 2 atom stereocenters. The molecule has 19 heavy (non-hydrogen) atoms. The van der Waals surface area contributed by atoms with Crippen molar-refractivity contribution >= 4 is 11.9 Å². The van der Waals surface area contributed by atoms with Crippen molar-refractivity contribution in [3.63, 3.8) is 0 Å². The van der Waals surface area contributed by atoms with Crippen molar-refractivity contribution in [3.05, 3.63) is 35.9 Å². The van der Waals surface area contributed by atoms with Gasteiger partial charge in [-0.3, -0.25) is 9.59 Å². The Morgan fingerprint density at radius 3 is 2.79 bits per heavy atom. The first kappa shape index (κ1) is 13.6. The molecule has 4 nitrogen and oxygen atoms in total. The molecule has 0 saturated carbocycles. The molecule has 0 radical (unpaired) electrons. The highest BCUT2D eigenvalue weighted by Crippen LogP contribution is 2.34. The van der Waals surface area contributed by atoms with Gasteiger partial charge in [0.15, 0.2) is 0 Å². The maximum Gasteiger partial charge on any atom is 0.309 e. The average molecular weight is 262 g/mol. The normalized spacial score (nSPS) is 20.5. The minimum atomic E-state index is -0.299. The minimum absolute atomic E-state index is 0.165. The standard InChI is InChI=1S/C15H18O4/c1-18-14(16)10-13(11-6-3-2-4-7-11)12-8-5-9-19-15(12)17/h2-4,6-7,12-13H,5,8-10H2,1H3/t12-,13-/m0/s1. The number of benzene rings is 1. The third kappa shape index (κ3) is 3.34. The molecule has 0 bridgehead atoms. The molecule has 4 heteroatoms. The Hall–Kier alpha value is -1.84. The molecule has 1 saturated heterocycles. The summed E-state index contributed by atoms with van der Waals surface area (Å²) < 4.78 is 9.85. The van der Waals surface area contributed by atoms with Gasteiger partial charge in [0.2, 0.25) is 0 Å². The van der Waals surface area contributed by atoms with Crippen LogP contribution in [-0.2, 0) is 19.1 Å². The second-order valence-electron chi connectivity index (χ2n) is 4.71.